The van der Waals surface area contributed by atoms with Gasteiger partial charge in [0.1, 0.15) is 35.9 Å². The number of carbonyl (C=O) groups excluding carboxylic acids is 1. The SMILES string of the molecule is Cc1ncnc2c1ccn2[C@@H]1O[C@H](C(NC(=O)OC(C)(C)C)c2ccc(Cl)cc2CCO)[C@H]2OC(C)(C)O[C@H]21. The molecule has 1 amide bonds. The standard InChI is InChI=1S/C28H35ClN4O6/c1-15-18-9-11-33(24(18)31-14-30-15)25-23-22(37-28(5,6)38-23)21(36-25)20(32-26(35)39-27(2,3)4)19-8-7-17(29)13-16(19)10-12-34/h7-9,11,13-14,20-23,25,34H,10,12H2,1-6H3,(H,32,35)/t20?,21-,22-,23-,25-/m1/s1. The number of aromatic nitrogens is 3. The molecule has 1 aromatic carbocycles. The van der Waals surface area contributed by atoms with Crippen LogP contribution >= 0.6 is 11.6 Å². The largest absolute Gasteiger partial charge is 0.444 e. The van der Waals surface area contributed by atoms with Crippen molar-refractivity contribution in [2.75, 3.05) is 6.61 Å². The summed E-state index contributed by atoms with van der Waals surface area (Å²) in [7, 11) is 0. The van der Waals surface area contributed by atoms with Gasteiger partial charge in [-0.05, 0) is 77.3 Å². The zero-order valence-corrected chi connectivity index (χ0v) is 23.7. The van der Waals surface area contributed by atoms with Gasteiger partial charge in [0.25, 0.3) is 0 Å². The van der Waals surface area contributed by atoms with Crippen molar-refractivity contribution in [3.8, 4) is 0 Å². The third-order valence-electron chi connectivity index (χ3n) is 6.87. The van der Waals surface area contributed by atoms with E-state index in [4.69, 9.17) is 30.5 Å². The van der Waals surface area contributed by atoms with E-state index in [1.54, 1.807) is 32.9 Å². The molecule has 1 unspecified atom stereocenters. The summed E-state index contributed by atoms with van der Waals surface area (Å²) in [6, 6.07) is 6.62. The van der Waals surface area contributed by atoms with Crippen LogP contribution in [0, 0.1) is 6.92 Å². The summed E-state index contributed by atoms with van der Waals surface area (Å²) in [4.78, 5) is 21.9. The van der Waals surface area contributed by atoms with Crippen LogP contribution in [0.15, 0.2) is 36.8 Å². The molecular formula is C28H35ClN4O6. The molecule has 5 rings (SSSR count). The maximum absolute atomic E-state index is 13.1. The molecule has 2 saturated heterocycles. The monoisotopic (exact) mass is 558 g/mol. The number of hydrogen-bond donors (Lipinski definition) is 2. The number of halogens is 1. The van der Waals surface area contributed by atoms with E-state index in [0.29, 0.717) is 17.1 Å². The number of alkyl carbamates (subject to hydrolysis) is 1. The van der Waals surface area contributed by atoms with Crippen LogP contribution in [0.4, 0.5) is 4.79 Å². The molecule has 2 aromatic heterocycles. The number of rotatable bonds is 6. The highest BCUT2D eigenvalue weighted by Crippen LogP contribution is 2.47. The normalized spacial score (nSPS) is 25.0. The van der Waals surface area contributed by atoms with E-state index in [1.807, 2.05) is 43.7 Å². The molecule has 2 fully saturated rings. The second-order valence-electron chi connectivity index (χ2n) is 11.4. The van der Waals surface area contributed by atoms with E-state index >= 15 is 0 Å². The first-order chi connectivity index (χ1) is 18.4. The smallest absolute Gasteiger partial charge is 0.408 e. The van der Waals surface area contributed by atoms with Gasteiger partial charge in [0, 0.05) is 23.2 Å². The number of benzene rings is 1. The Labute approximate surface area is 232 Å². The molecule has 4 heterocycles. The molecule has 39 heavy (non-hydrogen) atoms. The summed E-state index contributed by atoms with van der Waals surface area (Å²) < 4.78 is 27.0. The number of nitrogens with zero attached hydrogens (tertiary/aromatic N) is 3. The Bertz CT molecular complexity index is 1370. The molecule has 0 aliphatic carbocycles. The van der Waals surface area contributed by atoms with Crippen LogP contribution in [0.2, 0.25) is 5.02 Å². The number of amides is 1. The molecule has 5 atom stereocenters. The van der Waals surface area contributed by atoms with Crippen LogP contribution in [0.5, 0.6) is 0 Å². The van der Waals surface area contributed by atoms with Crippen molar-refractivity contribution in [2.45, 2.75) is 89.9 Å². The summed E-state index contributed by atoms with van der Waals surface area (Å²) >= 11 is 6.31. The fourth-order valence-corrected chi connectivity index (χ4v) is 5.58. The fraction of sp³-hybridized carbons (Fsp3) is 0.536. The van der Waals surface area contributed by atoms with Crippen LogP contribution in [-0.4, -0.2) is 62.0 Å². The van der Waals surface area contributed by atoms with Crippen LogP contribution in [0.1, 0.15) is 63.7 Å². The number of fused-ring (bicyclic) bond motifs is 2. The average Bonchev–Trinajstić information content (AvgIpc) is 3.48. The molecule has 0 saturated carbocycles. The Morgan fingerprint density at radius 2 is 1.97 bits per heavy atom. The maximum atomic E-state index is 13.1. The predicted octanol–water partition coefficient (Wildman–Crippen LogP) is 4.61. The highest BCUT2D eigenvalue weighted by molar-refractivity contribution is 6.30. The Morgan fingerprint density at radius 3 is 2.69 bits per heavy atom. The van der Waals surface area contributed by atoms with Crippen LogP contribution in [0.3, 0.4) is 0 Å². The minimum Gasteiger partial charge on any atom is -0.444 e. The molecule has 10 nitrogen and oxygen atoms in total. The lowest BCUT2D eigenvalue weighted by molar-refractivity contribution is -0.199. The van der Waals surface area contributed by atoms with Gasteiger partial charge in [0.2, 0.25) is 0 Å². The Kier molecular flexibility index (Phi) is 7.36. The summed E-state index contributed by atoms with van der Waals surface area (Å²) in [5.41, 5.74) is 2.38. The van der Waals surface area contributed by atoms with Crippen molar-refractivity contribution in [3.05, 3.63) is 58.6 Å². The van der Waals surface area contributed by atoms with Crippen molar-refractivity contribution >= 4 is 28.7 Å². The highest BCUT2D eigenvalue weighted by Gasteiger charge is 2.58. The lowest BCUT2D eigenvalue weighted by Gasteiger charge is -2.32. The molecule has 11 heteroatoms. The van der Waals surface area contributed by atoms with Crippen molar-refractivity contribution in [1.82, 2.24) is 19.9 Å². The number of aliphatic hydroxyl groups excluding tert-OH is 1. The first kappa shape index (κ1) is 27.8. The van der Waals surface area contributed by atoms with Crippen LogP contribution in [0.25, 0.3) is 11.0 Å². The number of carbonyl (C=O) groups is 1. The van der Waals surface area contributed by atoms with Crippen molar-refractivity contribution < 1.29 is 28.8 Å². The van der Waals surface area contributed by atoms with Gasteiger partial charge in [0.15, 0.2) is 12.0 Å². The van der Waals surface area contributed by atoms with Crippen molar-refractivity contribution in [1.29, 1.82) is 0 Å². The highest BCUT2D eigenvalue weighted by atomic mass is 35.5. The first-order valence-corrected chi connectivity index (χ1v) is 13.4. The second-order valence-corrected chi connectivity index (χ2v) is 11.9. The second kappa shape index (κ2) is 10.3. The first-order valence-electron chi connectivity index (χ1n) is 13.0. The van der Waals surface area contributed by atoms with E-state index < -0.39 is 48.1 Å². The molecule has 2 aliphatic rings. The van der Waals surface area contributed by atoms with E-state index in [-0.39, 0.29) is 6.61 Å². The van der Waals surface area contributed by atoms with E-state index in [1.165, 1.54) is 6.33 Å². The van der Waals surface area contributed by atoms with Gasteiger partial charge in [-0.2, -0.15) is 0 Å². The van der Waals surface area contributed by atoms with Gasteiger partial charge in [-0.3, -0.25) is 0 Å². The topological polar surface area (TPSA) is 117 Å². The van der Waals surface area contributed by atoms with Crippen LogP contribution in [-0.2, 0) is 25.4 Å². The van der Waals surface area contributed by atoms with E-state index in [0.717, 1.165) is 22.2 Å². The summed E-state index contributed by atoms with van der Waals surface area (Å²) in [5, 5.41) is 14.2. The summed E-state index contributed by atoms with van der Waals surface area (Å²) in [6.45, 7) is 11.0. The lowest BCUT2D eigenvalue weighted by Crippen LogP contribution is -2.44. The lowest BCUT2D eigenvalue weighted by atomic mass is 9.91. The summed E-state index contributed by atoms with van der Waals surface area (Å²) in [6.07, 6.45) is 0.868. The number of aryl methyl sites for hydroxylation is 1. The maximum Gasteiger partial charge on any atom is 0.408 e. The fourth-order valence-electron chi connectivity index (χ4n) is 5.39. The van der Waals surface area contributed by atoms with Crippen molar-refractivity contribution in [2.24, 2.45) is 0 Å². The van der Waals surface area contributed by atoms with Crippen LogP contribution < -0.4 is 5.32 Å². The molecule has 3 aromatic rings. The zero-order valence-electron chi connectivity index (χ0n) is 23.0. The van der Waals surface area contributed by atoms with Gasteiger partial charge >= 0.3 is 6.09 Å². The predicted molar refractivity (Wildman–Crippen MR) is 144 cm³/mol. The minimum absolute atomic E-state index is 0.0895. The third-order valence-corrected chi connectivity index (χ3v) is 7.10. The van der Waals surface area contributed by atoms with E-state index in [9.17, 15) is 9.90 Å². The molecule has 0 radical (unpaired) electrons. The van der Waals surface area contributed by atoms with Gasteiger partial charge < -0.3 is 33.9 Å². The Morgan fingerprint density at radius 1 is 1.23 bits per heavy atom. The van der Waals surface area contributed by atoms with E-state index in [2.05, 4.69) is 15.3 Å². The van der Waals surface area contributed by atoms with Crippen molar-refractivity contribution in [3.63, 3.8) is 0 Å². The minimum atomic E-state index is -0.881. The van der Waals surface area contributed by atoms with Gasteiger partial charge in [-0.25, -0.2) is 14.8 Å². The number of hydrogen-bond acceptors (Lipinski definition) is 8. The number of aliphatic hydroxyl groups is 1. The molecular weight excluding hydrogens is 524 g/mol. The quantitative estimate of drug-likeness (QED) is 0.450. The molecule has 2 N–H and O–H groups in total. The van der Waals surface area contributed by atoms with Gasteiger partial charge in [-0.15, -0.1) is 0 Å². The van der Waals surface area contributed by atoms with Gasteiger partial charge in [0.05, 0.1) is 11.7 Å². The number of ether oxygens (including phenoxy) is 4. The summed E-state index contributed by atoms with van der Waals surface area (Å²) in [5.74, 6) is -0.881. The Hall–Kier alpha value is -2.76. The molecule has 2 aliphatic heterocycles. The molecule has 0 spiro atoms. The molecule has 210 valence electrons. The third kappa shape index (κ3) is 5.62. The Balaban J connectivity index is 1.59. The zero-order chi connectivity index (χ0) is 28.1. The average molecular weight is 559 g/mol. The molecule has 0 bridgehead atoms. The number of nitrogens with one attached hydrogen (secondary N) is 1. The van der Waals surface area contributed by atoms with Gasteiger partial charge in [-0.1, -0.05) is 17.7 Å².